The standard InChI is InChI=1S/C22H20N2O5/c1-3-10-28-16-8-6-15(7-9-16)20(25)19-14(2)18(12-23)21(26)24(22(19)27)13-17-5-4-11-29-17/h4-9,11,27H,3,10,13H2,1-2H3. The fourth-order valence-corrected chi connectivity index (χ4v) is 2.99. The molecule has 0 saturated heterocycles. The first-order valence-corrected chi connectivity index (χ1v) is 9.14. The Morgan fingerprint density at radius 2 is 2.00 bits per heavy atom. The lowest BCUT2D eigenvalue weighted by Gasteiger charge is -2.15. The SMILES string of the molecule is CCCOc1ccc(C(=O)c2c(C)c(C#N)c(=O)n(Cc3ccco3)c2O)cc1. The number of ketones is 1. The predicted octanol–water partition coefficient (Wildman–Crippen LogP) is 3.40. The van der Waals surface area contributed by atoms with E-state index in [-0.39, 0.29) is 23.2 Å². The summed E-state index contributed by atoms with van der Waals surface area (Å²) in [5.41, 5.74) is -0.518. The van der Waals surface area contributed by atoms with Gasteiger partial charge in [-0.25, -0.2) is 0 Å². The second-order valence-electron chi connectivity index (χ2n) is 6.48. The molecular formula is C22H20N2O5. The number of benzene rings is 1. The Hall–Kier alpha value is -3.79. The van der Waals surface area contributed by atoms with Crippen molar-refractivity contribution in [2.45, 2.75) is 26.8 Å². The first-order valence-electron chi connectivity index (χ1n) is 9.14. The molecule has 7 heteroatoms. The Bertz CT molecular complexity index is 1120. The number of hydrogen-bond donors (Lipinski definition) is 1. The van der Waals surface area contributed by atoms with Crippen molar-refractivity contribution in [2.24, 2.45) is 0 Å². The fourth-order valence-electron chi connectivity index (χ4n) is 2.99. The largest absolute Gasteiger partial charge is 0.494 e. The zero-order chi connectivity index (χ0) is 21.0. The van der Waals surface area contributed by atoms with E-state index in [9.17, 15) is 20.0 Å². The van der Waals surface area contributed by atoms with Crippen LogP contribution >= 0.6 is 0 Å². The van der Waals surface area contributed by atoms with E-state index in [1.807, 2.05) is 13.0 Å². The van der Waals surface area contributed by atoms with Crippen LogP contribution in [-0.2, 0) is 6.54 Å². The third-order valence-corrected chi connectivity index (χ3v) is 4.51. The van der Waals surface area contributed by atoms with Gasteiger partial charge < -0.3 is 14.3 Å². The van der Waals surface area contributed by atoms with Gasteiger partial charge in [-0.2, -0.15) is 5.26 Å². The Labute approximate surface area is 167 Å². The summed E-state index contributed by atoms with van der Waals surface area (Å²) in [7, 11) is 0. The number of carbonyl (C=O) groups is 1. The monoisotopic (exact) mass is 392 g/mol. The maximum absolute atomic E-state index is 13.1. The maximum Gasteiger partial charge on any atom is 0.271 e. The number of ether oxygens (including phenoxy) is 1. The molecule has 3 aromatic rings. The lowest BCUT2D eigenvalue weighted by molar-refractivity contribution is 0.103. The minimum absolute atomic E-state index is 0.0880. The minimum atomic E-state index is -0.682. The van der Waals surface area contributed by atoms with E-state index in [2.05, 4.69) is 0 Å². The second-order valence-corrected chi connectivity index (χ2v) is 6.48. The predicted molar refractivity (Wildman–Crippen MR) is 105 cm³/mol. The number of hydrogen-bond acceptors (Lipinski definition) is 6. The average molecular weight is 392 g/mol. The van der Waals surface area contributed by atoms with E-state index >= 15 is 0 Å². The molecule has 0 aliphatic rings. The highest BCUT2D eigenvalue weighted by Crippen LogP contribution is 2.26. The summed E-state index contributed by atoms with van der Waals surface area (Å²) in [5, 5.41) is 20.2. The highest BCUT2D eigenvalue weighted by Gasteiger charge is 2.25. The van der Waals surface area contributed by atoms with Crippen LogP contribution < -0.4 is 10.3 Å². The van der Waals surface area contributed by atoms with Crippen LogP contribution in [0.1, 0.15) is 46.2 Å². The summed E-state index contributed by atoms with van der Waals surface area (Å²) in [6.07, 6.45) is 2.30. The molecule has 0 aliphatic carbocycles. The lowest BCUT2D eigenvalue weighted by Crippen LogP contribution is -2.27. The van der Waals surface area contributed by atoms with Crippen molar-refractivity contribution in [2.75, 3.05) is 6.61 Å². The molecular weight excluding hydrogens is 372 g/mol. The van der Waals surface area contributed by atoms with E-state index in [0.29, 0.717) is 23.7 Å². The van der Waals surface area contributed by atoms with Crippen LogP contribution in [0.15, 0.2) is 51.9 Å². The van der Waals surface area contributed by atoms with Gasteiger partial charge in [-0.05, 0) is 55.3 Å². The van der Waals surface area contributed by atoms with Gasteiger partial charge in [-0.15, -0.1) is 0 Å². The van der Waals surface area contributed by atoms with E-state index in [4.69, 9.17) is 9.15 Å². The summed E-state index contributed by atoms with van der Waals surface area (Å²) in [4.78, 5) is 25.7. The van der Waals surface area contributed by atoms with Crippen LogP contribution in [0.5, 0.6) is 11.6 Å². The Morgan fingerprint density at radius 3 is 2.59 bits per heavy atom. The molecule has 2 aromatic heterocycles. The summed E-state index contributed by atoms with van der Waals surface area (Å²) < 4.78 is 11.7. The zero-order valence-electron chi connectivity index (χ0n) is 16.1. The Kier molecular flexibility index (Phi) is 5.84. The molecule has 3 rings (SSSR count). The lowest BCUT2D eigenvalue weighted by atomic mass is 9.97. The number of aromatic hydroxyl groups is 1. The molecule has 0 aliphatic heterocycles. The summed E-state index contributed by atoms with van der Waals surface area (Å²) in [5.74, 6) is 0.0433. The van der Waals surface area contributed by atoms with Crippen LogP contribution in [0.3, 0.4) is 0 Å². The Balaban J connectivity index is 2.07. The third-order valence-electron chi connectivity index (χ3n) is 4.51. The van der Waals surface area contributed by atoms with Gasteiger partial charge in [0.2, 0.25) is 5.88 Å². The molecule has 2 heterocycles. The average Bonchev–Trinajstić information content (AvgIpc) is 3.23. The van der Waals surface area contributed by atoms with Gasteiger partial charge in [0.15, 0.2) is 5.78 Å². The van der Waals surface area contributed by atoms with Crippen molar-refractivity contribution in [1.29, 1.82) is 5.26 Å². The molecule has 1 N–H and O–H groups in total. The normalized spacial score (nSPS) is 10.5. The van der Waals surface area contributed by atoms with Crippen LogP contribution in [0, 0.1) is 18.3 Å². The molecule has 29 heavy (non-hydrogen) atoms. The van der Waals surface area contributed by atoms with Crippen molar-refractivity contribution >= 4 is 5.78 Å². The molecule has 0 spiro atoms. The van der Waals surface area contributed by atoms with Crippen molar-refractivity contribution in [3.63, 3.8) is 0 Å². The quantitative estimate of drug-likeness (QED) is 0.618. The van der Waals surface area contributed by atoms with Gasteiger partial charge in [-0.3, -0.25) is 14.2 Å². The van der Waals surface area contributed by atoms with Crippen LogP contribution in [0.4, 0.5) is 0 Å². The van der Waals surface area contributed by atoms with Crippen LogP contribution in [0.2, 0.25) is 0 Å². The van der Waals surface area contributed by atoms with Gasteiger partial charge in [0, 0.05) is 5.56 Å². The third kappa shape index (κ3) is 3.92. The van der Waals surface area contributed by atoms with Crippen molar-refractivity contribution < 1.29 is 19.1 Å². The summed E-state index contributed by atoms with van der Waals surface area (Å²) in [6, 6.07) is 11.6. The molecule has 148 valence electrons. The number of rotatable bonds is 7. The second kappa shape index (κ2) is 8.48. The highest BCUT2D eigenvalue weighted by molar-refractivity contribution is 6.11. The van der Waals surface area contributed by atoms with Gasteiger partial charge >= 0.3 is 0 Å². The number of furan rings is 1. The van der Waals surface area contributed by atoms with Crippen molar-refractivity contribution in [3.8, 4) is 17.7 Å². The highest BCUT2D eigenvalue weighted by atomic mass is 16.5. The minimum Gasteiger partial charge on any atom is -0.494 e. The molecule has 0 radical (unpaired) electrons. The zero-order valence-corrected chi connectivity index (χ0v) is 16.1. The number of carbonyl (C=O) groups excluding carboxylic acids is 1. The van der Waals surface area contributed by atoms with Crippen LogP contribution in [-0.4, -0.2) is 22.1 Å². The van der Waals surface area contributed by atoms with Gasteiger partial charge in [-0.1, -0.05) is 6.92 Å². The first kappa shape index (κ1) is 20.0. The van der Waals surface area contributed by atoms with Crippen molar-refractivity contribution in [1.82, 2.24) is 4.57 Å². The van der Waals surface area contributed by atoms with E-state index < -0.39 is 17.2 Å². The van der Waals surface area contributed by atoms with Crippen LogP contribution in [0.25, 0.3) is 0 Å². The molecule has 0 unspecified atom stereocenters. The molecule has 0 atom stereocenters. The molecule has 7 nitrogen and oxygen atoms in total. The summed E-state index contributed by atoms with van der Waals surface area (Å²) in [6.45, 7) is 3.93. The summed E-state index contributed by atoms with van der Waals surface area (Å²) >= 11 is 0. The topological polar surface area (TPSA) is 105 Å². The maximum atomic E-state index is 13.1. The fraction of sp³-hybridized carbons (Fsp3) is 0.227. The molecule has 0 fully saturated rings. The smallest absolute Gasteiger partial charge is 0.271 e. The molecule has 1 aromatic carbocycles. The first-order chi connectivity index (χ1) is 14.0. The van der Waals surface area contributed by atoms with Gasteiger partial charge in [0.05, 0.1) is 25.0 Å². The van der Waals surface area contributed by atoms with E-state index in [1.165, 1.54) is 13.2 Å². The molecule has 0 amide bonds. The van der Waals surface area contributed by atoms with E-state index in [0.717, 1.165) is 11.0 Å². The molecule has 0 saturated carbocycles. The number of nitrogens with zero attached hydrogens (tertiary/aromatic N) is 2. The Morgan fingerprint density at radius 1 is 1.28 bits per heavy atom. The number of aromatic nitrogens is 1. The van der Waals surface area contributed by atoms with Crippen molar-refractivity contribution in [3.05, 3.63) is 81.0 Å². The van der Waals surface area contributed by atoms with E-state index in [1.54, 1.807) is 36.4 Å². The van der Waals surface area contributed by atoms with Gasteiger partial charge in [0.25, 0.3) is 5.56 Å². The number of pyridine rings is 1. The van der Waals surface area contributed by atoms with Gasteiger partial charge in [0.1, 0.15) is 23.1 Å². The number of nitriles is 1. The molecule has 0 bridgehead atoms.